The molecular weight excluding hydrogens is 348 g/mol. The molecule has 27 heavy (non-hydrogen) atoms. The first-order valence-corrected chi connectivity index (χ1v) is 9.05. The maximum absolute atomic E-state index is 12.3. The lowest BCUT2D eigenvalue weighted by Gasteiger charge is -2.46. The van der Waals surface area contributed by atoms with Gasteiger partial charge in [0.05, 0.1) is 19.7 Å². The fourth-order valence-corrected chi connectivity index (χ4v) is 3.75. The molecule has 2 aliphatic heterocycles. The Labute approximate surface area is 156 Å². The van der Waals surface area contributed by atoms with E-state index < -0.39 is 0 Å². The topological polar surface area (TPSA) is 97.6 Å². The van der Waals surface area contributed by atoms with Gasteiger partial charge in [0, 0.05) is 31.4 Å². The van der Waals surface area contributed by atoms with Crippen LogP contribution in [0.5, 0.6) is 0 Å². The highest BCUT2D eigenvalue weighted by molar-refractivity contribution is 5.93. The molecule has 0 aromatic carbocycles. The van der Waals surface area contributed by atoms with E-state index in [0.717, 1.165) is 12.0 Å². The molecule has 2 amide bonds. The highest BCUT2D eigenvalue weighted by Gasteiger charge is 2.51. The third-order valence-corrected chi connectivity index (χ3v) is 5.09. The van der Waals surface area contributed by atoms with Crippen LogP contribution < -0.4 is 5.32 Å². The number of nitrogens with one attached hydrogen (secondary N) is 1. The molecule has 1 N–H and O–H groups in total. The maximum atomic E-state index is 12.3. The molecule has 142 valence electrons. The van der Waals surface area contributed by atoms with E-state index in [4.69, 9.17) is 9.26 Å². The Morgan fingerprint density at radius 1 is 1.33 bits per heavy atom. The number of ether oxygens (including phenoxy) is 1. The summed E-state index contributed by atoms with van der Waals surface area (Å²) in [5.41, 5.74) is 1.03. The quantitative estimate of drug-likeness (QED) is 0.852. The van der Waals surface area contributed by atoms with Gasteiger partial charge in [-0.1, -0.05) is 5.16 Å². The fraction of sp³-hybridized carbons (Fsp3) is 0.474. The summed E-state index contributed by atoms with van der Waals surface area (Å²) >= 11 is 0. The van der Waals surface area contributed by atoms with Gasteiger partial charge in [-0.25, -0.2) is 0 Å². The molecule has 0 bridgehead atoms. The van der Waals surface area contributed by atoms with Gasteiger partial charge in [0.2, 0.25) is 5.91 Å². The predicted octanol–water partition coefficient (Wildman–Crippen LogP) is 1.32. The van der Waals surface area contributed by atoms with Gasteiger partial charge in [-0.2, -0.15) is 0 Å². The van der Waals surface area contributed by atoms with Crippen molar-refractivity contribution in [2.45, 2.75) is 31.9 Å². The molecular formula is C19H22N4O4. The molecule has 4 heterocycles. The Morgan fingerprint density at radius 3 is 2.81 bits per heavy atom. The second-order valence-corrected chi connectivity index (χ2v) is 7.38. The van der Waals surface area contributed by atoms with Gasteiger partial charge in [0.25, 0.3) is 5.91 Å². The number of carbonyl (C=O) groups excluding carboxylic acids is 2. The number of aryl methyl sites for hydroxylation is 1. The van der Waals surface area contributed by atoms with E-state index in [1.165, 1.54) is 0 Å². The molecule has 4 rings (SSSR count). The van der Waals surface area contributed by atoms with Crippen molar-refractivity contribution in [1.29, 1.82) is 0 Å². The number of nitrogens with zero attached hydrogens (tertiary/aromatic N) is 3. The number of likely N-dealkylation sites (tertiary alicyclic amines) is 1. The number of aromatic nitrogens is 2. The van der Waals surface area contributed by atoms with Crippen molar-refractivity contribution >= 4 is 11.8 Å². The van der Waals surface area contributed by atoms with E-state index >= 15 is 0 Å². The Morgan fingerprint density at radius 2 is 2.11 bits per heavy atom. The molecule has 2 fully saturated rings. The van der Waals surface area contributed by atoms with E-state index in [9.17, 15) is 9.59 Å². The van der Waals surface area contributed by atoms with Gasteiger partial charge in [-0.15, -0.1) is 0 Å². The van der Waals surface area contributed by atoms with E-state index in [1.807, 2.05) is 12.1 Å². The van der Waals surface area contributed by atoms with Crippen LogP contribution in [0.3, 0.4) is 0 Å². The van der Waals surface area contributed by atoms with E-state index in [1.54, 1.807) is 30.3 Å². The molecule has 1 atom stereocenters. The zero-order chi connectivity index (χ0) is 18.9. The first-order chi connectivity index (χ1) is 13.0. The van der Waals surface area contributed by atoms with Gasteiger partial charge in [0.1, 0.15) is 11.4 Å². The summed E-state index contributed by atoms with van der Waals surface area (Å²) in [5, 5.41) is 6.70. The van der Waals surface area contributed by atoms with Crippen molar-refractivity contribution in [2.75, 3.05) is 19.7 Å². The first-order valence-electron chi connectivity index (χ1n) is 9.05. The molecule has 0 saturated carbocycles. The normalized spacial score (nSPS) is 20.5. The SMILES string of the molecule is Cc1cc(C(=O)N2CC3(CC(CC(=O)NCc4ccncc4)CO3)C2)no1. The van der Waals surface area contributed by atoms with Crippen LogP contribution in [0.2, 0.25) is 0 Å². The lowest BCUT2D eigenvalue weighted by atomic mass is 9.85. The second kappa shape index (κ2) is 7.11. The summed E-state index contributed by atoms with van der Waals surface area (Å²) < 4.78 is 10.9. The Balaban J connectivity index is 1.22. The molecule has 8 nitrogen and oxygen atoms in total. The minimum absolute atomic E-state index is 0.0165. The molecule has 2 aliphatic rings. The minimum atomic E-state index is -0.315. The van der Waals surface area contributed by atoms with Crippen LogP contribution >= 0.6 is 0 Å². The molecule has 0 radical (unpaired) electrons. The lowest BCUT2D eigenvalue weighted by Crippen LogP contribution is -2.63. The van der Waals surface area contributed by atoms with Crippen molar-refractivity contribution < 1.29 is 18.8 Å². The van der Waals surface area contributed by atoms with Crippen LogP contribution in [0, 0.1) is 12.8 Å². The molecule has 8 heteroatoms. The van der Waals surface area contributed by atoms with Crippen LogP contribution in [0.1, 0.15) is 34.7 Å². The third kappa shape index (κ3) is 3.85. The smallest absolute Gasteiger partial charge is 0.276 e. The standard InChI is InChI=1S/C19H22N4O4/c1-13-6-16(22-27-13)18(25)23-11-19(12-23)8-15(10-26-19)7-17(24)21-9-14-2-4-20-5-3-14/h2-6,15H,7-12H2,1H3,(H,21,24). The van der Waals surface area contributed by atoms with E-state index in [0.29, 0.717) is 44.1 Å². The Hall–Kier alpha value is -2.74. The van der Waals surface area contributed by atoms with Crippen molar-refractivity contribution in [3.05, 3.63) is 47.6 Å². The highest BCUT2D eigenvalue weighted by Crippen LogP contribution is 2.39. The summed E-state index contributed by atoms with van der Waals surface area (Å²) in [5.74, 6) is 0.667. The Bertz CT molecular complexity index is 829. The third-order valence-electron chi connectivity index (χ3n) is 5.09. The van der Waals surface area contributed by atoms with Crippen LogP contribution in [0.25, 0.3) is 0 Å². The van der Waals surface area contributed by atoms with E-state index in [-0.39, 0.29) is 23.3 Å². The second-order valence-electron chi connectivity index (χ2n) is 7.38. The summed E-state index contributed by atoms with van der Waals surface area (Å²) in [4.78, 5) is 30.2. The largest absolute Gasteiger partial charge is 0.371 e. The Kier molecular flexibility index (Phi) is 4.65. The average Bonchev–Trinajstić information content (AvgIpc) is 3.26. The summed E-state index contributed by atoms with van der Waals surface area (Å²) in [6.45, 7) is 3.87. The number of pyridine rings is 1. The zero-order valence-electron chi connectivity index (χ0n) is 15.2. The van der Waals surface area contributed by atoms with Crippen molar-refractivity contribution in [3.8, 4) is 0 Å². The van der Waals surface area contributed by atoms with Gasteiger partial charge in [0.15, 0.2) is 5.69 Å². The van der Waals surface area contributed by atoms with Gasteiger partial charge >= 0.3 is 0 Å². The predicted molar refractivity (Wildman–Crippen MR) is 94.6 cm³/mol. The molecule has 0 aliphatic carbocycles. The van der Waals surface area contributed by atoms with Crippen LogP contribution in [0.15, 0.2) is 35.1 Å². The summed E-state index contributed by atoms with van der Waals surface area (Å²) in [6.07, 6.45) is 4.64. The first kappa shape index (κ1) is 17.7. The number of hydrogen-bond acceptors (Lipinski definition) is 6. The monoisotopic (exact) mass is 370 g/mol. The molecule has 2 aromatic rings. The zero-order valence-corrected chi connectivity index (χ0v) is 15.2. The molecule has 1 unspecified atom stereocenters. The fourth-order valence-electron chi connectivity index (χ4n) is 3.75. The molecule has 1 spiro atoms. The summed E-state index contributed by atoms with van der Waals surface area (Å²) in [6, 6.07) is 5.40. The lowest BCUT2D eigenvalue weighted by molar-refractivity contribution is -0.122. The van der Waals surface area contributed by atoms with Gasteiger partial charge in [-0.05, 0) is 37.0 Å². The highest BCUT2D eigenvalue weighted by atomic mass is 16.5. The number of carbonyl (C=O) groups is 2. The van der Waals surface area contributed by atoms with E-state index in [2.05, 4.69) is 15.5 Å². The maximum Gasteiger partial charge on any atom is 0.276 e. The minimum Gasteiger partial charge on any atom is -0.371 e. The van der Waals surface area contributed by atoms with Gasteiger partial charge < -0.3 is 19.5 Å². The number of amides is 2. The molecule has 2 saturated heterocycles. The number of rotatable bonds is 5. The van der Waals surface area contributed by atoms with Crippen molar-refractivity contribution in [3.63, 3.8) is 0 Å². The number of hydrogen-bond donors (Lipinski definition) is 1. The van der Waals surface area contributed by atoms with Crippen molar-refractivity contribution in [2.24, 2.45) is 5.92 Å². The average molecular weight is 370 g/mol. The molecule has 2 aromatic heterocycles. The van der Waals surface area contributed by atoms with Crippen LogP contribution in [0.4, 0.5) is 0 Å². The van der Waals surface area contributed by atoms with Crippen LogP contribution in [-0.4, -0.2) is 52.2 Å². The van der Waals surface area contributed by atoms with Gasteiger partial charge in [-0.3, -0.25) is 14.6 Å². The summed E-state index contributed by atoms with van der Waals surface area (Å²) in [7, 11) is 0. The van der Waals surface area contributed by atoms with Crippen molar-refractivity contribution in [1.82, 2.24) is 20.4 Å². The van der Waals surface area contributed by atoms with Crippen LogP contribution in [-0.2, 0) is 16.1 Å².